The van der Waals surface area contributed by atoms with Gasteiger partial charge in [0.2, 0.25) is 0 Å². The van der Waals surface area contributed by atoms with E-state index in [1.807, 2.05) is 30.3 Å². The first-order chi connectivity index (χ1) is 12.0. The van der Waals surface area contributed by atoms with E-state index in [0.717, 1.165) is 5.56 Å². The van der Waals surface area contributed by atoms with Crippen molar-refractivity contribution < 1.29 is 34.0 Å². The second-order valence-corrected chi connectivity index (χ2v) is 5.51. The van der Waals surface area contributed by atoms with Gasteiger partial charge in [-0.2, -0.15) is 0 Å². The third kappa shape index (κ3) is 3.89. The van der Waals surface area contributed by atoms with Gasteiger partial charge in [-0.3, -0.25) is 0 Å². The van der Waals surface area contributed by atoms with Gasteiger partial charge in [0.15, 0.2) is 17.6 Å². The molecule has 0 aliphatic carbocycles. The Morgan fingerprint density at radius 1 is 1.04 bits per heavy atom. The summed E-state index contributed by atoms with van der Waals surface area (Å²) in [5, 5.41) is 18.3. The van der Waals surface area contributed by atoms with Gasteiger partial charge in [0.25, 0.3) is 0 Å². The van der Waals surface area contributed by atoms with Crippen LogP contribution in [0.2, 0.25) is 0 Å². The third-order valence-corrected chi connectivity index (χ3v) is 3.68. The lowest BCUT2D eigenvalue weighted by Crippen LogP contribution is -2.33. The van der Waals surface area contributed by atoms with E-state index in [0.29, 0.717) is 6.61 Å². The second kappa shape index (κ2) is 7.23. The van der Waals surface area contributed by atoms with E-state index in [1.165, 1.54) is 12.1 Å². The van der Waals surface area contributed by atoms with Gasteiger partial charge in [0.1, 0.15) is 6.61 Å². The molecule has 1 heterocycles. The highest BCUT2D eigenvalue weighted by molar-refractivity contribution is 6.02. The Labute approximate surface area is 143 Å². The van der Waals surface area contributed by atoms with Crippen molar-refractivity contribution in [2.24, 2.45) is 0 Å². The summed E-state index contributed by atoms with van der Waals surface area (Å²) in [5.41, 5.74) is 0.341. The molecular weight excluding hydrogens is 328 g/mol. The van der Waals surface area contributed by atoms with Crippen molar-refractivity contribution in [3.63, 3.8) is 0 Å². The summed E-state index contributed by atoms with van der Waals surface area (Å²) in [5.74, 6) is -2.27. The average molecular weight is 344 g/mol. The predicted molar refractivity (Wildman–Crippen MR) is 86.4 cm³/mol. The zero-order valence-corrected chi connectivity index (χ0v) is 13.2. The summed E-state index contributed by atoms with van der Waals surface area (Å²) in [4.78, 5) is 22.4. The highest BCUT2D eigenvalue weighted by Crippen LogP contribution is 2.35. The third-order valence-electron chi connectivity index (χ3n) is 3.68. The van der Waals surface area contributed by atoms with Crippen molar-refractivity contribution in [3.8, 4) is 11.5 Å². The molecular formula is C18H16O7. The zero-order chi connectivity index (χ0) is 17.8. The summed E-state index contributed by atoms with van der Waals surface area (Å²) in [7, 11) is 0. The summed E-state index contributed by atoms with van der Waals surface area (Å²) < 4.78 is 16.8. The molecule has 1 aliphatic rings. The van der Waals surface area contributed by atoms with Gasteiger partial charge in [0.05, 0.1) is 24.3 Å². The number of hydrogen-bond acceptors (Lipinski definition) is 5. The van der Waals surface area contributed by atoms with E-state index >= 15 is 0 Å². The van der Waals surface area contributed by atoms with Crippen molar-refractivity contribution in [2.45, 2.75) is 12.7 Å². The summed E-state index contributed by atoms with van der Waals surface area (Å²) in [6.07, 6.45) is -0.409. The Hall–Kier alpha value is -3.06. The Bertz CT molecular complexity index is 786. The van der Waals surface area contributed by atoms with Gasteiger partial charge in [0, 0.05) is 0 Å². The molecule has 0 aromatic heterocycles. The maximum Gasteiger partial charge on any atom is 0.336 e. The van der Waals surface area contributed by atoms with Crippen molar-refractivity contribution in [2.75, 3.05) is 13.2 Å². The van der Waals surface area contributed by atoms with Gasteiger partial charge >= 0.3 is 11.9 Å². The Morgan fingerprint density at radius 2 is 1.68 bits per heavy atom. The molecule has 0 spiro atoms. The van der Waals surface area contributed by atoms with Crippen LogP contribution in [0.3, 0.4) is 0 Å². The monoisotopic (exact) mass is 344 g/mol. The van der Waals surface area contributed by atoms with Gasteiger partial charge in [-0.1, -0.05) is 30.3 Å². The molecule has 130 valence electrons. The minimum absolute atomic E-state index is 0.188. The molecule has 0 saturated carbocycles. The van der Waals surface area contributed by atoms with Crippen molar-refractivity contribution in [1.82, 2.24) is 0 Å². The predicted octanol–water partition coefficient (Wildman–Crippen LogP) is 2.44. The van der Waals surface area contributed by atoms with Gasteiger partial charge in [-0.05, 0) is 17.7 Å². The summed E-state index contributed by atoms with van der Waals surface area (Å²) in [6.45, 7) is 0.872. The summed E-state index contributed by atoms with van der Waals surface area (Å²) >= 11 is 0. The van der Waals surface area contributed by atoms with Crippen molar-refractivity contribution >= 4 is 11.9 Å². The molecule has 0 bridgehead atoms. The first-order valence-electron chi connectivity index (χ1n) is 7.60. The minimum Gasteiger partial charge on any atom is -0.486 e. The first kappa shape index (κ1) is 16.8. The lowest BCUT2D eigenvalue weighted by molar-refractivity contribution is 0.00255. The van der Waals surface area contributed by atoms with E-state index in [4.69, 9.17) is 24.4 Å². The lowest BCUT2D eigenvalue weighted by Gasteiger charge is -2.27. The number of benzene rings is 2. The minimum atomic E-state index is -1.34. The first-order valence-corrected chi connectivity index (χ1v) is 7.60. The number of carboxylic acids is 2. The number of ether oxygens (including phenoxy) is 3. The molecule has 0 saturated heterocycles. The van der Waals surface area contributed by atoms with Crippen molar-refractivity contribution in [3.05, 3.63) is 59.2 Å². The van der Waals surface area contributed by atoms with Crippen LogP contribution in [-0.4, -0.2) is 41.5 Å². The zero-order valence-electron chi connectivity index (χ0n) is 13.2. The number of carboxylic acid groups (broad SMARTS) is 2. The highest BCUT2D eigenvalue weighted by Gasteiger charge is 2.26. The molecule has 2 N–H and O–H groups in total. The lowest BCUT2D eigenvalue weighted by atomic mass is 10.1. The maximum absolute atomic E-state index is 11.2. The molecule has 7 heteroatoms. The summed E-state index contributed by atoms with van der Waals surface area (Å²) in [6, 6.07) is 12.0. The smallest absolute Gasteiger partial charge is 0.336 e. The van der Waals surface area contributed by atoms with E-state index in [1.54, 1.807) is 0 Å². The largest absolute Gasteiger partial charge is 0.486 e. The number of aromatic carboxylic acids is 2. The fraction of sp³-hybridized carbons (Fsp3) is 0.222. The van der Waals surface area contributed by atoms with Gasteiger partial charge in [-0.15, -0.1) is 0 Å². The van der Waals surface area contributed by atoms with Crippen LogP contribution in [0.1, 0.15) is 26.3 Å². The molecule has 0 radical (unpaired) electrons. The van der Waals surface area contributed by atoms with Crippen LogP contribution in [0.4, 0.5) is 0 Å². The number of carbonyl (C=O) groups is 2. The SMILES string of the molecule is O=C(O)c1cc2c(cc1C(=O)O)OC(COCc1ccccc1)CO2. The Morgan fingerprint density at radius 3 is 2.32 bits per heavy atom. The van der Waals surface area contributed by atoms with Crippen LogP contribution in [0, 0.1) is 0 Å². The van der Waals surface area contributed by atoms with E-state index in [9.17, 15) is 9.59 Å². The van der Waals surface area contributed by atoms with Crippen LogP contribution in [0.5, 0.6) is 11.5 Å². The molecule has 1 aliphatic heterocycles. The molecule has 7 nitrogen and oxygen atoms in total. The molecule has 2 aromatic carbocycles. The Kier molecular flexibility index (Phi) is 4.85. The number of hydrogen-bond donors (Lipinski definition) is 2. The van der Waals surface area contributed by atoms with E-state index in [-0.39, 0.29) is 35.8 Å². The number of rotatable bonds is 6. The van der Waals surface area contributed by atoms with Crippen LogP contribution in [0.15, 0.2) is 42.5 Å². The normalized spacial score (nSPS) is 15.6. The van der Waals surface area contributed by atoms with Crippen LogP contribution in [0.25, 0.3) is 0 Å². The maximum atomic E-state index is 11.2. The highest BCUT2D eigenvalue weighted by atomic mass is 16.6. The molecule has 25 heavy (non-hydrogen) atoms. The fourth-order valence-corrected chi connectivity index (χ4v) is 2.48. The molecule has 0 amide bonds. The van der Waals surface area contributed by atoms with E-state index < -0.39 is 18.0 Å². The van der Waals surface area contributed by atoms with Crippen molar-refractivity contribution in [1.29, 1.82) is 0 Å². The second-order valence-electron chi connectivity index (χ2n) is 5.51. The quantitative estimate of drug-likeness (QED) is 0.829. The molecule has 2 aromatic rings. The molecule has 0 fully saturated rings. The Balaban J connectivity index is 1.67. The fourth-order valence-electron chi connectivity index (χ4n) is 2.48. The topological polar surface area (TPSA) is 102 Å². The molecule has 1 unspecified atom stereocenters. The van der Waals surface area contributed by atoms with Crippen LogP contribution in [-0.2, 0) is 11.3 Å². The standard InChI is InChI=1S/C18H16O7/c19-17(20)13-6-15-16(7-14(13)18(21)22)25-12(10-24-15)9-23-8-11-4-2-1-3-5-11/h1-7,12H,8-10H2,(H,19,20)(H,21,22). The van der Waals surface area contributed by atoms with Gasteiger partial charge < -0.3 is 24.4 Å². The molecule has 3 rings (SSSR count). The van der Waals surface area contributed by atoms with Crippen LogP contribution < -0.4 is 9.47 Å². The molecule has 1 atom stereocenters. The number of fused-ring (bicyclic) bond motifs is 1. The average Bonchev–Trinajstić information content (AvgIpc) is 2.61. The van der Waals surface area contributed by atoms with Gasteiger partial charge in [-0.25, -0.2) is 9.59 Å². The van der Waals surface area contributed by atoms with E-state index in [2.05, 4.69) is 0 Å². The van der Waals surface area contributed by atoms with Crippen LogP contribution >= 0.6 is 0 Å².